The maximum atomic E-state index is 12.7. The van der Waals surface area contributed by atoms with Crippen LogP contribution in [-0.2, 0) is 7.05 Å². The third kappa shape index (κ3) is 2.71. The Kier molecular flexibility index (Phi) is 4.13. The van der Waals surface area contributed by atoms with Crippen LogP contribution in [0.3, 0.4) is 0 Å². The van der Waals surface area contributed by atoms with Crippen LogP contribution in [0.1, 0.15) is 38.2 Å². The van der Waals surface area contributed by atoms with Crippen LogP contribution >= 0.6 is 22.7 Å². The lowest BCUT2D eigenvalue weighted by Gasteiger charge is -2.17. The lowest BCUT2D eigenvalue weighted by atomic mass is 10.1. The average Bonchev–Trinajstić information content (AvgIpc) is 3.20. The summed E-state index contributed by atoms with van der Waals surface area (Å²) in [6, 6.07) is 6.00. The molecule has 0 aliphatic carbocycles. The van der Waals surface area contributed by atoms with Crippen molar-refractivity contribution in [1.82, 2.24) is 15.1 Å². The molecule has 1 amide bonds. The molecule has 0 saturated heterocycles. The molecule has 22 heavy (non-hydrogen) atoms. The number of carbonyl (C=O) groups is 1. The molecule has 3 aromatic rings. The molecule has 0 bridgehead atoms. The van der Waals surface area contributed by atoms with E-state index in [2.05, 4.69) is 27.9 Å². The van der Waals surface area contributed by atoms with E-state index >= 15 is 0 Å². The van der Waals surface area contributed by atoms with E-state index in [1.54, 1.807) is 27.4 Å². The maximum Gasteiger partial charge on any atom is 0.255 e. The Labute approximate surface area is 137 Å². The molecule has 0 fully saturated rings. The van der Waals surface area contributed by atoms with Gasteiger partial charge in [-0.15, -0.1) is 11.3 Å². The molecule has 6 heteroatoms. The largest absolute Gasteiger partial charge is 0.340 e. The summed E-state index contributed by atoms with van der Waals surface area (Å²) in [4.78, 5) is 13.9. The van der Waals surface area contributed by atoms with Crippen molar-refractivity contribution in [2.45, 2.75) is 19.9 Å². The zero-order chi connectivity index (χ0) is 15.7. The number of nitrogens with one attached hydrogen (secondary N) is 1. The van der Waals surface area contributed by atoms with E-state index in [1.165, 1.54) is 0 Å². The van der Waals surface area contributed by atoms with Crippen molar-refractivity contribution in [2.24, 2.45) is 7.05 Å². The highest BCUT2D eigenvalue weighted by atomic mass is 32.1. The third-order valence-electron chi connectivity index (χ3n) is 3.72. The molecular formula is C16H17N3OS2. The minimum atomic E-state index is -0.113. The molecule has 3 aromatic heterocycles. The molecule has 0 aliphatic heterocycles. The SMILES string of the molecule is Cc1nn(C)c(C)c1C(=O)N[C@@H](c1ccsc1)c1cccs1. The van der Waals surface area contributed by atoms with Gasteiger partial charge in [-0.3, -0.25) is 9.48 Å². The monoisotopic (exact) mass is 331 g/mol. The van der Waals surface area contributed by atoms with E-state index in [0.717, 1.165) is 21.8 Å². The van der Waals surface area contributed by atoms with Gasteiger partial charge < -0.3 is 5.32 Å². The minimum Gasteiger partial charge on any atom is -0.340 e. The standard InChI is InChI=1S/C16H17N3OS2/c1-10-14(11(2)19(3)18-10)16(20)17-15(12-6-8-21-9-12)13-5-4-7-22-13/h4-9,15H,1-3H3,(H,17,20)/t15-/m0/s1. The fourth-order valence-corrected chi connectivity index (χ4v) is 4.01. The van der Waals surface area contributed by atoms with E-state index in [1.807, 2.05) is 37.7 Å². The number of rotatable bonds is 4. The lowest BCUT2D eigenvalue weighted by Crippen LogP contribution is -2.29. The summed E-state index contributed by atoms with van der Waals surface area (Å²) in [5, 5.41) is 13.6. The van der Waals surface area contributed by atoms with Gasteiger partial charge in [-0.05, 0) is 47.7 Å². The van der Waals surface area contributed by atoms with E-state index in [0.29, 0.717) is 5.56 Å². The van der Waals surface area contributed by atoms with Crippen molar-refractivity contribution < 1.29 is 4.79 Å². The van der Waals surface area contributed by atoms with Crippen molar-refractivity contribution >= 4 is 28.6 Å². The smallest absolute Gasteiger partial charge is 0.255 e. The van der Waals surface area contributed by atoms with Crippen LogP contribution in [-0.4, -0.2) is 15.7 Å². The summed E-state index contributed by atoms with van der Waals surface area (Å²) >= 11 is 3.28. The molecule has 0 aliphatic rings. The van der Waals surface area contributed by atoms with Crippen molar-refractivity contribution in [3.63, 3.8) is 0 Å². The number of nitrogens with zero attached hydrogens (tertiary/aromatic N) is 2. The molecule has 4 nitrogen and oxygen atoms in total. The summed E-state index contributed by atoms with van der Waals surface area (Å²) in [5.74, 6) is -0.0762. The quantitative estimate of drug-likeness (QED) is 0.793. The topological polar surface area (TPSA) is 46.9 Å². The Morgan fingerprint density at radius 2 is 2.14 bits per heavy atom. The number of carbonyl (C=O) groups excluding carboxylic acids is 1. The van der Waals surface area contributed by atoms with Gasteiger partial charge in [0.15, 0.2) is 0 Å². The zero-order valence-electron chi connectivity index (χ0n) is 12.7. The number of aromatic nitrogens is 2. The highest BCUT2D eigenvalue weighted by Gasteiger charge is 2.23. The predicted molar refractivity (Wildman–Crippen MR) is 90.6 cm³/mol. The molecular weight excluding hydrogens is 314 g/mol. The molecule has 114 valence electrons. The van der Waals surface area contributed by atoms with Crippen LogP contribution in [0.15, 0.2) is 34.3 Å². The maximum absolute atomic E-state index is 12.7. The molecule has 0 saturated carbocycles. The Balaban J connectivity index is 1.93. The number of hydrogen-bond acceptors (Lipinski definition) is 4. The molecule has 1 N–H and O–H groups in total. The second kappa shape index (κ2) is 6.06. The number of aryl methyl sites for hydroxylation is 2. The van der Waals surface area contributed by atoms with Gasteiger partial charge in [-0.1, -0.05) is 6.07 Å². The van der Waals surface area contributed by atoms with E-state index < -0.39 is 0 Å². The highest BCUT2D eigenvalue weighted by molar-refractivity contribution is 7.10. The summed E-state index contributed by atoms with van der Waals surface area (Å²) in [6.07, 6.45) is 0. The molecule has 3 heterocycles. The summed E-state index contributed by atoms with van der Waals surface area (Å²) in [5.41, 5.74) is 3.41. The molecule has 0 aromatic carbocycles. The molecule has 0 spiro atoms. The lowest BCUT2D eigenvalue weighted by molar-refractivity contribution is 0.0942. The second-order valence-corrected chi connectivity index (χ2v) is 6.91. The first-order valence-corrected chi connectivity index (χ1v) is 8.76. The normalized spacial score (nSPS) is 12.3. The second-order valence-electron chi connectivity index (χ2n) is 5.15. The first-order chi connectivity index (χ1) is 10.6. The van der Waals surface area contributed by atoms with E-state index in [9.17, 15) is 4.79 Å². The predicted octanol–water partition coefficient (Wildman–Crippen LogP) is 3.68. The fraction of sp³-hybridized carbons (Fsp3) is 0.250. The van der Waals surface area contributed by atoms with Gasteiger partial charge in [-0.25, -0.2) is 0 Å². The van der Waals surface area contributed by atoms with Crippen LogP contribution in [0.25, 0.3) is 0 Å². The Morgan fingerprint density at radius 3 is 2.68 bits per heavy atom. The van der Waals surface area contributed by atoms with Crippen LogP contribution in [0.4, 0.5) is 0 Å². The Hall–Kier alpha value is -1.92. The van der Waals surface area contributed by atoms with Gasteiger partial charge in [0, 0.05) is 17.6 Å². The fourth-order valence-electron chi connectivity index (χ4n) is 2.52. The minimum absolute atomic E-state index is 0.0762. The number of thiophene rings is 2. The first kappa shape index (κ1) is 15.0. The zero-order valence-corrected chi connectivity index (χ0v) is 14.3. The summed E-state index contributed by atoms with van der Waals surface area (Å²) in [7, 11) is 1.86. The molecule has 0 radical (unpaired) electrons. The van der Waals surface area contributed by atoms with E-state index in [4.69, 9.17) is 0 Å². The summed E-state index contributed by atoms with van der Waals surface area (Å²) < 4.78 is 1.75. The van der Waals surface area contributed by atoms with Crippen LogP contribution in [0.5, 0.6) is 0 Å². The highest BCUT2D eigenvalue weighted by Crippen LogP contribution is 2.28. The van der Waals surface area contributed by atoms with Crippen LogP contribution in [0.2, 0.25) is 0 Å². The van der Waals surface area contributed by atoms with Crippen LogP contribution < -0.4 is 5.32 Å². The van der Waals surface area contributed by atoms with E-state index in [-0.39, 0.29) is 11.9 Å². The number of hydrogen-bond donors (Lipinski definition) is 1. The third-order valence-corrected chi connectivity index (χ3v) is 5.35. The van der Waals surface area contributed by atoms with Crippen LogP contribution in [0, 0.1) is 13.8 Å². The molecule has 3 rings (SSSR count). The average molecular weight is 331 g/mol. The van der Waals surface area contributed by atoms with Crippen molar-refractivity contribution in [2.75, 3.05) is 0 Å². The Morgan fingerprint density at radius 1 is 1.32 bits per heavy atom. The Bertz CT molecular complexity index is 739. The van der Waals surface area contributed by atoms with Gasteiger partial charge in [0.1, 0.15) is 0 Å². The van der Waals surface area contributed by atoms with Gasteiger partial charge >= 0.3 is 0 Å². The van der Waals surface area contributed by atoms with Gasteiger partial charge in [0.05, 0.1) is 17.3 Å². The molecule has 0 unspecified atom stereocenters. The number of amides is 1. The van der Waals surface area contributed by atoms with Crippen molar-refractivity contribution in [1.29, 1.82) is 0 Å². The summed E-state index contributed by atoms with van der Waals surface area (Å²) in [6.45, 7) is 3.78. The van der Waals surface area contributed by atoms with Gasteiger partial charge in [0.25, 0.3) is 5.91 Å². The van der Waals surface area contributed by atoms with Gasteiger partial charge in [-0.2, -0.15) is 16.4 Å². The first-order valence-electron chi connectivity index (χ1n) is 6.94. The van der Waals surface area contributed by atoms with Crippen molar-refractivity contribution in [3.05, 3.63) is 61.7 Å². The van der Waals surface area contributed by atoms with Gasteiger partial charge in [0.2, 0.25) is 0 Å². The van der Waals surface area contributed by atoms with Crippen molar-refractivity contribution in [3.8, 4) is 0 Å². The molecule has 1 atom stereocenters.